The molecule has 0 heterocycles. The molecule has 6 nitrogen and oxygen atoms in total. The van der Waals surface area contributed by atoms with Gasteiger partial charge in [0.1, 0.15) is 0 Å². The molecular formula is C19H24N2O4S2. The summed E-state index contributed by atoms with van der Waals surface area (Å²) in [5.74, 6) is 0. The van der Waals surface area contributed by atoms with Crippen molar-refractivity contribution >= 4 is 25.7 Å². The first-order valence-electron chi connectivity index (χ1n) is 9.04. The SMILES string of the molecule is CCCCc1ccc(NS(=O)(=O)c2cccc(S(=O)(=O)NC3CC3)c2)cc1. The van der Waals surface area contributed by atoms with Gasteiger partial charge >= 0.3 is 0 Å². The standard InChI is InChI=1S/C19H24N2O4S2/c1-2-3-5-15-8-10-16(11-9-15)20-26(22,23)18-6-4-7-19(14-18)27(24,25)21-17-12-13-17/h4,6-11,14,17,20-21H,2-3,5,12-13H2,1H3. The van der Waals surface area contributed by atoms with E-state index in [0.29, 0.717) is 5.69 Å². The molecule has 2 N–H and O–H groups in total. The lowest BCUT2D eigenvalue weighted by molar-refractivity contribution is 0.580. The fourth-order valence-corrected chi connectivity index (χ4v) is 5.16. The topological polar surface area (TPSA) is 92.3 Å². The van der Waals surface area contributed by atoms with E-state index in [9.17, 15) is 16.8 Å². The van der Waals surface area contributed by atoms with Crippen LogP contribution in [0.1, 0.15) is 38.2 Å². The maximum absolute atomic E-state index is 12.6. The van der Waals surface area contributed by atoms with Gasteiger partial charge < -0.3 is 0 Å². The Labute approximate surface area is 161 Å². The Hall–Kier alpha value is -1.90. The lowest BCUT2D eigenvalue weighted by atomic mass is 10.1. The average molecular weight is 409 g/mol. The Bertz CT molecular complexity index is 996. The Morgan fingerprint density at radius 2 is 1.56 bits per heavy atom. The van der Waals surface area contributed by atoms with Crippen LogP contribution < -0.4 is 9.44 Å². The van der Waals surface area contributed by atoms with Crippen molar-refractivity contribution in [2.24, 2.45) is 0 Å². The Balaban J connectivity index is 1.77. The van der Waals surface area contributed by atoms with Crippen LogP contribution in [-0.4, -0.2) is 22.9 Å². The van der Waals surface area contributed by atoms with E-state index in [1.165, 1.54) is 24.3 Å². The second-order valence-corrected chi connectivity index (χ2v) is 10.2. The quantitative estimate of drug-likeness (QED) is 0.666. The van der Waals surface area contributed by atoms with Crippen molar-refractivity contribution in [3.8, 4) is 0 Å². The zero-order chi connectivity index (χ0) is 19.5. The Morgan fingerprint density at radius 1 is 0.926 bits per heavy atom. The van der Waals surface area contributed by atoms with E-state index in [1.807, 2.05) is 12.1 Å². The average Bonchev–Trinajstić information content (AvgIpc) is 3.44. The molecule has 0 spiro atoms. The summed E-state index contributed by atoms with van der Waals surface area (Å²) in [5, 5.41) is 0. The van der Waals surface area contributed by atoms with Crippen molar-refractivity contribution < 1.29 is 16.8 Å². The molecule has 2 aromatic carbocycles. The zero-order valence-corrected chi connectivity index (χ0v) is 16.8. The number of anilines is 1. The first-order valence-corrected chi connectivity index (χ1v) is 12.0. The molecule has 0 amide bonds. The van der Waals surface area contributed by atoms with E-state index >= 15 is 0 Å². The van der Waals surface area contributed by atoms with Crippen LogP contribution in [0.4, 0.5) is 5.69 Å². The number of nitrogens with one attached hydrogen (secondary N) is 2. The number of hydrogen-bond donors (Lipinski definition) is 2. The van der Waals surface area contributed by atoms with Gasteiger partial charge in [0.2, 0.25) is 10.0 Å². The monoisotopic (exact) mass is 408 g/mol. The van der Waals surface area contributed by atoms with Gasteiger partial charge in [-0.25, -0.2) is 21.6 Å². The van der Waals surface area contributed by atoms with Gasteiger partial charge in [0.15, 0.2) is 0 Å². The van der Waals surface area contributed by atoms with E-state index in [1.54, 1.807) is 12.1 Å². The van der Waals surface area contributed by atoms with Crippen LogP contribution in [-0.2, 0) is 26.5 Å². The van der Waals surface area contributed by atoms with Crippen LogP contribution in [0.25, 0.3) is 0 Å². The van der Waals surface area contributed by atoms with Crippen molar-refractivity contribution in [3.05, 3.63) is 54.1 Å². The van der Waals surface area contributed by atoms with Crippen LogP contribution in [0.3, 0.4) is 0 Å². The fourth-order valence-electron chi connectivity index (χ4n) is 2.63. The molecule has 1 aliphatic carbocycles. The van der Waals surface area contributed by atoms with Gasteiger partial charge in [-0.3, -0.25) is 4.72 Å². The number of unbranched alkanes of at least 4 members (excludes halogenated alkanes) is 1. The lowest BCUT2D eigenvalue weighted by Crippen LogP contribution is -2.26. The van der Waals surface area contributed by atoms with E-state index in [0.717, 1.165) is 37.7 Å². The Kier molecular flexibility index (Phi) is 5.88. The summed E-state index contributed by atoms with van der Waals surface area (Å²) in [6.45, 7) is 2.12. The molecule has 0 aromatic heterocycles. The van der Waals surface area contributed by atoms with Gasteiger partial charge in [-0.1, -0.05) is 31.5 Å². The van der Waals surface area contributed by atoms with Gasteiger partial charge in [0, 0.05) is 11.7 Å². The fraction of sp³-hybridized carbons (Fsp3) is 0.368. The predicted octanol–water partition coefficient (Wildman–Crippen LogP) is 3.27. The van der Waals surface area contributed by atoms with E-state index in [4.69, 9.17) is 0 Å². The molecule has 0 atom stereocenters. The first kappa shape index (κ1) is 19.9. The van der Waals surface area contributed by atoms with Crippen LogP contribution in [0, 0.1) is 0 Å². The minimum Gasteiger partial charge on any atom is -0.280 e. The van der Waals surface area contributed by atoms with Crippen LogP contribution in [0.15, 0.2) is 58.3 Å². The normalized spacial score (nSPS) is 14.9. The van der Waals surface area contributed by atoms with Crippen molar-refractivity contribution in [2.75, 3.05) is 4.72 Å². The third-order valence-electron chi connectivity index (χ3n) is 4.35. The van der Waals surface area contributed by atoms with Crippen molar-refractivity contribution in [1.29, 1.82) is 0 Å². The van der Waals surface area contributed by atoms with Crippen molar-refractivity contribution in [3.63, 3.8) is 0 Å². The van der Waals surface area contributed by atoms with Crippen LogP contribution in [0.2, 0.25) is 0 Å². The zero-order valence-electron chi connectivity index (χ0n) is 15.2. The minimum atomic E-state index is -3.88. The highest BCUT2D eigenvalue weighted by Crippen LogP contribution is 2.24. The molecule has 1 aliphatic rings. The second kappa shape index (κ2) is 8.00. The smallest absolute Gasteiger partial charge is 0.261 e. The second-order valence-electron chi connectivity index (χ2n) is 6.78. The molecule has 0 bridgehead atoms. The van der Waals surface area contributed by atoms with Gasteiger partial charge in [-0.15, -0.1) is 0 Å². The molecule has 0 aliphatic heterocycles. The molecule has 2 aromatic rings. The summed E-state index contributed by atoms with van der Waals surface area (Å²) in [5.41, 5.74) is 1.60. The molecule has 0 unspecified atom stereocenters. The maximum Gasteiger partial charge on any atom is 0.261 e. The van der Waals surface area contributed by atoms with Gasteiger partial charge in [-0.05, 0) is 61.6 Å². The van der Waals surface area contributed by atoms with Gasteiger partial charge in [0.25, 0.3) is 10.0 Å². The molecule has 3 rings (SSSR count). The molecular weight excluding hydrogens is 384 g/mol. The largest absolute Gasteiger partial charge is 0.280 e. The van der Waals surface area contributed by atoms with Crippen molar-refractivity contribution in [2.45, 2.75) is 54.9 Å². The third-order valence-corrected chi connectivity index (χ3v) is 7.25. The maximum atomic E-state index is 12.6. The lowest BCUT2D eigenvalue weighted by Gasteiger charge is -2.11. The number of hydrogen-bond acceptors (Lipinski definition) is 4. The van der Waals surface area contributed by atoms with Crippen LogP contribution >= 0.6 is 0 Å². The summed E-state index contributed by atoms with van der Waals surface area (Å²) in [4.78, 5) is -0.136. The van der Waals surface area contributed by atoms with E-state index in [-0.39, 0.29) is 15.8 Å². The van der Waals surface area contributed by atoms with E-state index < -0.39 is 20.0 Å². The van der Waals surface area contributed by atoms with Gasteiger partial charge in [-0.2, -0.15) is 0 Å². The van der Waals surface area contributed by atoms with Crippen molar-refractivity contribution in [1.82, 2.24) is 4.72 Å². The number of sulfonamides is 2. The molecule has 27 heavy (non-hydrogen) atoms. The summed E-state index contributed by atoms with van der Waals surface area (Å²) in [6.07, 6.45) is 4.77. The molecule has 0 saturated heterocycles. The molecule has 0 radical (unpaired) electrons. The third kappa shape index (κ3) is 5.31. The highest BCUT2D eigenvalue weighted by molar-refractivity contribution is 7.93. The molecule has 146 valence electrons. The number of benzene rings is 2. The summed E-state index contributed by atoms with van der Waals surface area (Å²) >= 11 is 0. The van der Waals surface area contributed by atoms with Gasteiger partial charge in [0.05, 0.1) is 9.79 Å². The van der Waals surface area contributed by atoms with E-state index in [2.05, 4.69) is 16.4 Å². The predicted molar refractivity (Wildman–Crippen MR) is 106 cm³/mol. The number of aryl methyl sites for hydroxylation is 1. The molecule has 1 fully saturated rings. The Morgan fingerprint density at radius 3 is 2.15 bits per heavy atom. The van der Waals surface area contributed by atoms with Crippen LogP contribution in [0.5, 0.6) is 0 Å². The molecule has 1 saturated carbocycles. The number of rotatable bonds is 9. The first-order chi connectivity index (χ1) is 12.8. The summed E-state index contributed by atoms with van der Waals surface area (Å²) < 4.78 is 55.0. The molecule has 8 heteroatoms. The summed E-state index contributed by atoms with van der Waals surface area (Å²) in [7, 11) is -7.59. The minimum absolute atomic E-state index is 0.0420. The summed E-state index contributed by atoms with van der Waals surface area (Å²) in [6, 6.07) is 12.6. The highest BCUT2D eigenvalue weighted by Gasteiger charge is 2.28. The highest BCUT2D eigenvalue weighted by atomic mass is 32.2.